The first-order chi connectivity index (χ1) is 11.7. The van der Waals surface area contributed by atoms with Crippen LogP contribution in [0.3, 0.4) is 0 Å². The SMILES string of the molecule is N#Cc1cc2c(c(C(=O)NC[C@@H]3CCNC[C@H]3O)c1)OCCCO2. The second kappa shape index (κ2) is 7.51. The van der Waals surface area contributed by atoms with Crippen molar-refractivity contribution < 1.29 is 19.4 Å². The third-order valence-electron chi connectivity index (χ3n) is 4.34. The number of hydrogen-bond acceptors (Lipinski definition) is 6. The molecule has 2 aliphatic heterocycles. The number of benzene rings is 1. The normalized spacial score (nSPS) is 23.0. The van der Waals surface area contributed by atoms with Crippen molar-refractivity contribution in [2.75, 3.05) is 32.8 Å². The molecule has 0 aliphatic carbocycles. The summed E-state index contributed by atoms with van der Waals surface area (Å²) in [6.45, 7) is 2.70. The molecule has 1 aromatic carbocycles. The quantitative estimate of drug-likeness (QED) is 0.742. The van der Waals surface area contributed by atoms with Crippen LogP contribution in [-0.2, 0) is 0 Å². The maximum atomic E-state index is 12.6. The zero-order valence-corrected chi connectivity index (χ0v) is 13.4. The second-order valence-electron chi connectivity index (χ2n) is 6.04. The lowest BCUT2D eigenvalue weighted by atomic mass is 9.95. The standard InChI is InChI=1S/C17H21N3O4/c18-8-11-6-13(16-15(7-11)23-4-1-5-24-16)17(22)20-9-12-2-3-19-10-14(12)21/h6-7,12,14,19,21H,1-5,9-10H2,(H,20,22)/t12-,14+/m0/s1. The van der Waals surface area contributed by atoms with Crippen molar-refractivity contribution >= 4 is 5.91 Å². The second-order valence-corrected chi connectivity index (χ2v) is 6.04. The van der Waals surface area contributed by atoms with Crippen LogP contribution in [0.5, 0.6) is 11.5 Å². The van der Waals surface area contributed by atoms with E-state index in [0.29, 0.717) is 48.9 Å². The van der Waals surface area contributed by atoms with Gasteiger partial charge in [0.1, 0.15) is 0 Å². The molecule has 128 valence electrons. The van der Waals surface area contributed by atoms with Gasteiger partial charge in [-0.15, -0.1) is 0 Å². The molecule has 1 aromatic rings. The number of nitrogens with one attached hydrogen (secondary N) is 2. The summed E-state index contributed by atoms with van der Waals surface area (Å²) in [5, 5.41) is 25.1. The molecule has 0 radical (unpaired) electrons. The zero-order valence-electron chi connectivity index (χ0n) is 13.4. The van der Waals surface area contributed by atoms with Gasteiger partial charge < -0.3 is 25.2 Å². The van der Waals surface area contributed by atoms with E-state index >= 15 is 0 Å². The molecule has 7 nitrogen and oxygen atoms in total. The van der Waals surface area contributed by atoms with E-state index in [1.807, 2.05) is 6.07 Å². The molecule has 1 saturated heterocycles. The van der Waals surface area contributed by atoms with Crippen LogP contribution in [0.15, 0.2) is 12.1 Å². The third-order valence-corrected chi connectivity index (χ3v) is 4.34. The lowest BCUT2D eigenvalue weighted by molar-refractivity contribution is 0.0752. The van der Waals surface area contributed by atoms with Crippen LogP contribution in [0.4, 0.5) is 0 Å². The van der Waals surface area contributed by atoms with Gasteiger partial charge in [0.25, 0.3) is 5.91 Å². The number of amides is 1. The molecule has 2 atom stereocenters. The minimum atomic E-state index is -0.471. The first kappa shape index (κ1) is 16.6. The molecular formula is C17H21N3O4. The van der Waals surface area contributed by atoms with Gasteiger partial charge in [-0.2, -0.15) is 5.26 Å². The Morgan fingerprint density at radius 1 is 1.42 bits per heavy atom. The number of hydrogen-bond donors (Lipinski definition) is 3. The van der Waals surface area contributed by atoms with Gasteiger partial charge in [0.15, 0.2) is 11.5 Å². The number of fused-ring (bicyclic) bond motifs is 1. The van der Waals surface area contributed by atoms with Crippen LogP contribution in [0.2, 0.25) is 0 Å². The predicted molar refractivity (Wildman–Crippen MR) is 86.1 cm³/mol. The smallest absolute Gasteiger partial charge is 0.255 e. The third kappa shape index (κ3) is 3.61. The van der Waals surface area contributed by atoms with Crippen LogP contribution in [-0.4, -0.2) is 50.0 Å². The van der Waals surface area contributed by atoms with Crippen molar-refractivity contribution in [1.29, 1.82) is 5.26 Å². The monoisotopic (exact) mass is 331 g/mol. The van der Waals surface area contributed by atoms with Crippen LogP contribution >= 0.6 is 0 Å². The average molecular weight is 331 g/mol. The number of piperidine rings is 1. The molecule has 2 heterocycles. The van der Waals surface area contributed by atoms with Crippen molar-refractivity contribution in [3.63, 3.8) is 0 Å². The van der Waals surface area contributed by atoms with Crippen LogP contribution in [0, 0.1) is 17.2 Å². The minimum Gasteiger partial charge on any atom is -0.489 e. The van der Waals surface area contributed by atoms with Gasteiger partial charge >= 0.3 is 0 Å². The highest BCUT2D eigenvalue weighted by molar-refractivity contribution is 5.98. The van der Waals surface area contributed by atoms with Gasteiger partial charge in [-0.1, -0.05) is 0 Å². The van der Waals surface area contributed by atoms with E-state index < -0.39 is 6.10 Å². The van der Waals surface area contributed by atoms with Crippen molar-refractivity contribution in [3.05, 3.63) is 23.3 Å². The summed E-state index contributed by atoms with van der Waals surface area (Å²) in [6.07, 6.45) is 1.05. The molecule has 1 amide bonds. The number of aliphatic hydroxyl groups excluding tert-OH is 1. The predicted octanol–water partition coefficient (Wildman–Crippen LogP) is 0.420. The molecule has 0 spiro atoms. The van der Waals surface area contributed by atoms with Crippen LogP contribution in [0.25, 0.3) is 0 Å². The van der Waals surface area contributed by atoms with E-state index in [1.165, 1.54) is 6.07 Å². The first-order valence-electron chi connectivity index (χ1n) is 8.19. The molecule has 3 N–H and O–H groups in total. The zero-order chi connectivity index (χ0) is 16.9. The Labute approximate surface area is 140 Å². The maximum Gasteiger partial charge on any atom is 0.255 e. The lowest BCUT2D eigenvalue weighted by Crippen LogP contribution is -2.45. The Morgan fingerprint density at radius 2 is 2.25 bits per heavy atom. The van der Waals surface area contributed by atoms with Crippen LogP contribution in [0.1, 0.15) is 28.8 Å². The number of carbonyl (C=O) groups is 1. The number of aliphatic hydroxyl groups is 1. The first-order valence-corrected chi connectivity index (χ1v) is 8.19. The fourth-order valence-electron chi connectivity index (χ4n) is 2.96. The molecule has 24 heavy (non-hydrogen) atoms. The van der Waals surface area contributed by atoms with E-state index in [1.54, 1.807) is 6.07 Å². The summed E-state index contributed by atoms with van der Waals surface area (Å²) >= 11 is 0. The van der Waals surface area contributed by atoms with Crippen LogP contribution < -0.4 is 20.1 Å². The van der Waals surface area contributed by atoms with E-state index in [9.17, 15) is 9.90 Å². The van der Waals surface area contributed by atoms with Gasteiger partial charge in [0, 0.05) is 31.5 Å². The van der Waals surface area contributed by atoms with Gasteiger partial charge in [-0.25, -0.2) is 0 Å². The highest BCUT2D eigenvalue weighted by atomic mass is 16.5. The van der Waals surface area contributed by atoms with Crippen molar-refractivity contribution in [3.8, 4) is 17.6 Å². The van der Waals surface area contributed by atoms with Gasteiger partial charge in [-0.05, 0) is 19.0 Å². The number of rotatable bonds is 3. The van der Waals surface area contributed by atoms with E-state index in [4.69, 9.17) is 14.7 Å². The number of carbonyl (C=O) groups excluding carboxylic acids is 1. The molecule has 7 heteroatoms. The molecular weight excluding hydrogens is 310 g/mol. The van der Waals surface area contributed by atoms with Crippen molar-refractivity contribution in [1.82, 2.24) is 10.6 Å². The number of ether oxygens (including phenoxy) is 2. The lowest BCUT2D eigenvalue weighted by Gasteiger charge is -2.28. The van der Waals surface area contributed by atoms with Crippen molar-refractivity contribution in [2.45, 2.75) is 18.9 Å². The highest BCUT2D eigenvalue weighted by Gasteiger charge is 2.25. The Morgan fingerprint density at radius 3 is 3.04 bits per heavy atom. The molecule has 3 rings (SSSR count). The van der Waals surface area contributed by atoms with Gasteiger partial charge in [0.05, 0.1) is 36.5 Å². The minimum absolute atomic E-state index is 0.0186. The Balaban J connectivity index is 1.77. The molecule has 2 aliphatic rings. The highest BCUT2D eigenvalue weighted by Crippen LogP contribution is 2.34. The van der Waals surface area contributed by atoms with E-state index in [2.05, 4.69) is 10.6 Å². The molecule has 0 bridgehead atoms. The Kier molecular flexibility index (Phi) is 5.18. The van der Waals surface area contributed by atoms with Gasteiger partial charge in [0.2, 0.25) is 0 Å². The molecule has 0 aromatic heterocycles. The van der Waals surface area contributed by atoms with E-state index in [0.717, 1.165) is 19.4 Å². The summed E-state index contributed by atoms with van der Waals surface area (Å²) < 4.78 is 11.2. The van der Waals surface area contributed by atoms with Crippen molar-refractivity contribution in [2.24, 2.45) is 5.92 Å². The Bertz CT molecular complexity index is 656. The summed E-state index contributed by atoms with van der Waals surface area (Å²) in [4.78, 5) is 12.6. The summed E-state index contributed by atoms with van der Waals surface area (Å²) in [5.74, 6) is 0.512. The Hall–Kier alpha value is -2.30. The van der Waals surface area contributed by atoms with E-state index in [-0.39, 0.29) is 11.8 Å². The van der Waals surface area contributed by atoms with Gasteiger partial charge in [-0.3, -0.25) is 4.79 Å². The largest absolute Gasteiger partial charge is 0.489 e. The topological polar surface area (TPSA) is 104 Å². The number of β-amino-alcohol motifs (C(OH)–C–C–N with tert-alkyl or cyclic N) is 1. The molecule has 0 unspecified atom stereocenters. The maximum absolute atomic E-state index is 12.6. The average Bonchev–Trinajstić information content (AvgIpc) is 2.85. The summed E-state index contributed by atoms with van der Waals surface area (Å²) in [5.41, 5.74) is 0.653. The molecule has 0 saturated carbocycles. The summed E-state index contributed by atoms with van der Waals surface area (Å²) in [7, 11) is 0. The molecule has 1 fully saturated rings. The number of nitriles is 1. The number of nitrogens with zero attached hydrogens (tertiary/aromatic N) is 1. The fraction of sp³-hybridized carbons (Fsp3) is 0.529. The summed E-state index contributed by atoms with van der Waals surface area (Å²) in [6, 6.07) is 5.15. The fourth-order valence-corrected chi connectivity index (χ4v) is 2.96.